The number of hydrogen-bond donors (Lipinski definition) is 0. The Labute approximate surface area is 135 Å². The predicted molar refractivity (Wildman–Crippen MR) is 84.2 cm³/mol. The molecule has 1 nitrogen and oxygen atoms in total. The van der Waals surface area contributed by atoms with E-state index < -0.39 is 17.5 Å². The van der Waals surface area contributed by atoms with Gasteiger partial charge in [-0.3, -0.25) is 0 Å². The van der Waals surface area contributed by atoms with Crippen molar-refractivity contribution in [3.05, 3.63) is 59.5 Å². The summed E-state index contributed by atoms with van der Waals surface area (Å²) in [5.74, 6) is -1.42. The number of hydrogen-bond acceptors (Lipinski definition) is 1. The summed E-state index contributed by atoms with van der Waals surface area (Å²) >= 11 is 0. The molecule has 0 aliphatic heterocycles. The Bertz CT molecular complexity index is 620. The minimum absolute atomic E-state index is 0.310. The van der Waals surface area contributed by atoms with E-state index in [0.29, 0.717) is 11.8 Å². The van der Waals surface area contributed by atoms with E-state index in [0.717, 1.165) is 44.1 Å². The summed E-state index contributed by atoms with van der Waals surface area (Å²) in [4.78, 5) is 0. The molecule has 0 bridgehead atoms. The third kappa shape index (κ3) is 5.28. The van der Waals surface area contributed by atoms with Crippen molar-refractivity contribution in [1.29, 1.82) is 5.26 Å². The summed E-state index contributed by atoms with van der Waals surface area (Å²) in [6, 6.07) is 5.63. The molecule has 0 radical (unpaired) electrons. The lowest BCUT2D eigenvalue weighted by molar-refractivity contribution is 0.311. The van der Waals surface area contributed by atoms with Crippen LogP contribution in [-0.2, 0) is 0 Å². The van der Waals surface area contributed by atoms with Crippen LogP contribution < -0.4 is 0 Å². The Morgan fingerprint density at radius 2 is 1.91 bits per heavy atom. The van der Waals surface area contributed by atoms with E-state index >= 15 is 0 Å². The Morgan fingerprint density at radius 3 is 2.57 bits per heavy atom. The molecule has 0 heterocycles. The Morgan fingerprint density at radius 1 is 1.17 bits per heavy atom. The highest BCUT2D eigenvalue weighted by Gasteiger charge is 2.22. The fourth-order valence-electron chi connectivity index (χ4n) is 3.17. The molecule has 0 N–H and O–H groups in total. The van der Waals surface area contributed by atoms with E-state index in [1.807, 2.05) is 6.08 Å². The molecule has 1 fully saturated rings. The predicted octanol–water partition coefficient (Wildman–Crippen LogP) is 5.95. The summed E-state index contributed by atoms with van der Waals surface area (Å²) < 4.78 is 38.8. The number of nitrogens with zero attached hydrogens (tertiary/aromatic N) is 1. The molecule has 23 heavy (non-hydrogen) atoms. The molecule has 1 aromatic carbocycles. The monoisotopic (exact) mass is 319 g/mol. The summed E-state index contributed by atoms with van der Waals surface area (Å²) in [6.45, 7) is 0. The molecular formula is C19H20F3N. The van der Waals surface area contributed by atoms with Crippen molar-refractivity contribution in [2.24, 2.45) is 5.92 Å². The number of nitriles is 1. The first-order valence-electron chi connectivity index (χ1n) is 7.97. The number of halogens is 3. The first-order valence-corrected chi connectivity index (χ1v) is 7.97. The summed E-state index contributed by atoms with van der Waals surface area (Å²) in [5.41, 5.74) is 0.888. The molecule has 4 heteroatoms. The van der Waals surface area contributed by atoms with Crippen LogP contribution in [0.15, 0.2) is 42.3 Å². The highest BCUT2D eigenvalue weighted by atomic mass is 19.2. The normalized spacial score (nSPS) is 22.3. The van der Waals surface area contributed by atoms with Crippen LogP contribution in [0.5, 0.6) is 0 Å². The van der Waals surface area contributed by atoms with Gasteiger partial charge in [-0.1, -0.05) is 18.2 Å². The van der Waals surface area contributed by atoms with Crippen LogP contribution >= 0.6 is 0 Å². The van der Waals surface area contributed by atoms with Crippen LogP contribution in [0, 0.1) is 28.9 Å². The van der Waals surface area contributed by atoms with Crippen LogP contribution in [0.1, 0.15) is 50.0 Å². The van der Waals surface area contributed by atoms with Gasteiger partial charge in [0.05, 0.1) is 0 Å². The second-order valence-corrected chi connectivity index (χ2v) is 6.02. The Balaban J connectivity index is 1.76. The average Bonchev–Trinajstić information content (AvgIpc) is 2.57. The maximum Gasteiger partial charge on any atom is 0.199 e. The molecule has 2 rings (SSSR count). The highest BCUT2D eigenvalue weighted by Crippen LogP contribution is 2.37. The number of rotatable bonds is 5. The van der Waals surface area contributed by atoms with Gasteiger partial charge < -0.3 is 0 Å². The molecule has 1 aliphatic carbocycles. The van der Waals surface area contributed by atoms with Gasteiger partial charge in [-0.15, -0.1) is 0 Å². The third-order valence-corrected chi connectivity index (χ3v) is 4.49. The lowest BCUT2D eigenvalue weighted by atomic mass is 9.77. The zero-order chi connectivity index (χ0) is 16.7. The van der Waals surface area contributed by atoms with Gasteiger partial charge in [0.1, 0.15) is 6.07 Å². The van der Waals surface area contributed by atoms with Gasteiger partial charge >= 0.3 is 0 Å². The standard InChI is InChI=1S/C19H20F3N/c20-17(13-23)5-3-1-2-4-14-6-8-15(9-7-14)16-10-11-18(21)19(22)12-16/h1,3,5,10-12,14-15H,2,4,6-9H2/t14-,15-. The van der Waals surface area contributed by atoms with E-state index in [1.54, 1.807) is 12.1 Å². The highest BCUT2D eigenvalue weighted by molar-refractivity contribution is 5.22. The van der Waals surface area contributed by atoms with Gasteiger partial charge in [0.15, 0.2) is 17.5 Å². The van der Waals surface area contributed by atoms with Gasteiger partial charge in [0, 0.05) is 0 Å². The molecule has 1 aliphatic rings. The van der Waals surface area contributed by atoms with Crippen molar-refractivity contribution in [2.45, 2.75) is 44.4 Å². The number of benzene rings is 1. The van der Waals surface area contributed by atoms with E-state index in [2.05, 4.69) is 0 Å². The molecule has 0 amide bonds. The zero-order valence-corrected chi connectivity index (χ0v) is 12.9. The Hall–Kier alpha value is -2.02. The lowest BCUT2D eigenvalue weighted by Crippen LogP contribution is -2.13. The van der Waals surface area contributed by atoms with Crippen LogP contribution in [0.4, 0.5) is 13.2 Å². The third-order valence-electron chi connectivity index (χ3n) is 4.49. The van der Waals surface area contributed by atoms with Gasteiger partial charge in [0.25, 0.3) is 0 Å². The first-order chi connectivity index (χ1) is 11.1. The second-order valence-electron chi connectivity index (χ2n) is 6.02. The summed E-state index contributed by atoms with van der Waals surface area (Å²) in [5, 5.41) is 8.27. The van der Waals surface area contributed by atoms with E-state index in [4.69, 9.17) is 5.26 Å². The molecule has 0 spiro atoms. The maximum absolute atomic E-state index is 13.3. The van der Waals surface area contributed by atoms with Crippen molar-refractivity contribution in [3.8, 4) is 6.07 Å². The van der Waals surface area contributed by atoms with Crippen molar-refractivity contribution in [1.82, 2.24) is 0 Å². The Kier molecular flexibility index (Phi) is 6.46. The first kappa shape index (κ1) is 17.3. The average molecular weight is 319 g/mol. The fourth-order valence-corrected chi connectivity index (χ4v) is 3.17. The van der Waals surface area contributed by atoms with Crippen LogP contribution in [0.2, 0.25) is 0 Å². The van der Waals surface area contributed by atoms with E-state index in [9.17, 15) is 13.2 Å². The molecule has 1 aromatic rings. The van der Waals surface area contributed by atoms with Crippen LogP contribution in [0.3, 0.4) is 0 Å². The smallest absolute Gasteiger partial charge is 0.199 e. The van der Waals surface area contributed by atoms with Crippen molar-refractivity contribution in [3.63, 3.8) is 0 Å². The van der Waals surface area contributed by atoms with E-state index in [1.165, 1.54) is 24.3 Å². The summed E-state index contributed by atoms with van der Waals surface area (Å²) in [6.07, 6.45) is 10.6. The second kappa shape index (κ2) is 8.57. The maximum atomic E-state index is 13.3. The van der Waals surface area contributed by atoms with E-state index in [-0.39, 0.29) is 0 Å². The van der Waals surface area contributed by atoms with Gasteiger partial charge in [-0.2, -0.15) is 9.65 Å². The molecule has 0 saturated heterocycles. The van der Waals surface area contributed by atoms with Crippen LogP contribution in [0.25, 0.3) is 0 Å². The molecule has 0 atom stereocenters. The van der Waals surface area contributed by atoms with Crippen molar-refractivity contribution in [2.75, 3.05) is 0 Å². The zero-order valence-electron chi connectivity index (χ0n) is 12.9. The molecule has 0 aromatic heterocycles. The van der Waals surface area contributed by atoms with Crippen molar-refractivity contribution < 1.29 is 13.2 Å². The molecule has 0 unspecified atom stereocenters. The quantitative estimate of drug-likeness (QED) is 0.486. The fraction of sp³-hybridized carbons (Fsp3) is 0.421. The minimum atomic E-state index is -0.795. The van der Waals surface area contributed by atoms with Crippen LogP contribution in [-0.4, -0.2) is 0 Å². The molecule has 122 valence electrons. The summed E-state index contributed by atoms with van der Waals surface area (Å²) in [7, 11) is 0. The van der Waals surface area contributed by atoms with Gasteiger partial charge in [-0.25, -0.2) is 8.78 Å². The van der Waals surface area contributed by atoms with Gasteiger partial charge in [-0.05, 0) is 74.1 Å². The van der Waals surface area contributed by atoms with Gasteiger partial charge in [0.2, 0.25) is 0 Å². The largest absolute Gasteiger partial charge is 0.204 e. The number of allylic oxidation sites excluding steroid dienone is 4. The SMILES string of the molecule is N#CC(F)=CC=CCC[C@H]1CC[C@H](c2ccc(F)c(F)c2)CC1. The molecular weight excluding hydrogens is 299 g/mol. The minimum Gasteiger partial charge on any atom is -0.204 e. The molecule has 1 saturated carbocycles. The topological polar surface area (TPSA) is 23.8 Å². The lowest BCUT2D eigenvalue weighted by Gasteiger charge is -2.28. The van der Waals surface area contributed by atoms with Crippen molar-refractivity contribution >= 4 is 0 Å².